The third-order valence-electron chi connectivity index (χ3n) is 7.53. The zero-order chi connectivity index (χ0) is 29.9. The predicted molar refractivity (Wildman–Crippen MR) is 161 cm³/mol. The van der Waals surface area contributed by atoms with Gasteiger partial charge in [-0.25, -0.2) is 0 Å². The van der Waals surface area contributed by atoms with E-state index in [1.165, 1.54) is 0 Å². The van der Waals surface area contributed by atoms with Crippen LogP contribution in [0.15, 0.2) is 12.2 Å². The summed E-state index contributed by atoms with van der Waals surface area (Å²) in [5, 5.41) is 0. The van der Waals surface area contributed by atoms with Gasteiger partial charge in [0.1, 0.15) is 12.7 Å². The highest BCUT2D eigenvalue weighted by Gasteiger charge is 2.47. The highest BCUT2D eigenvalue weighted by Crippen LogP contribution is 2.49. The topological polar surface area (TPSA) is 55.8 Å². The molecular weight excluding hydrogens is 474 g/mol. The van der Waals surface area contributed by atoms with Gasteiger partial charge in [0.15, 0.2) is 0 Å². The van der Waals surface area contributed by atoms with Crippen molar-refractivity contribution in [2.75, 3.05) is 27.2 Å². The summed E-state index contributed by atoms with van der Waals surface area (Å²) in [6, 6.07) is 0. The van der Waals surface area contributed by atoms with Gasteiger partial charge in [0.05, 0.1) is 5.41 Å². The van der Waals surface area contributed by atoms with Crippen LogP contribution < -0.4 is 0 Å². The van der Waals surface area contributed by atoms with Crippen LogP contribution in [-0.4, -0.2) is 50.2 Å². The fourth-order valence-corrected chi connectivity index (χ4v) is 6.43. The molecule has 0 aliphatic rings. The van der Waals surface area contributed by atoms with E-state index < -0.39 is 5.41 Å². The Morgan fingerprint density at radius 3 is 1.92 bits per heavy atom. The van der Waals surface area contributed by atoms with Crippen LogP contribution in [0.25, 0.3) is 0 Å². The van der Waals surface area contributed by atoms with E-state index in [1.807, 2.05) is 34.0 Å². The van der Waals surface area contributed by atoms with Gasteiger partial charge < -0.3 is 14.4 Å². The number of carbonyl (C=O) groups is 2. The number of ether oxygens (including phenoxy) is 2. The van der Waals surface area contributed by atoms with E-state index in [0.29, 0.717) is 18.3 Å². The average molecular weight is 538 g/mol. The van der Waals surface area contributed by atoms with Crippen LogP contribution in [0.2, 0.25) is 0 Å². The number of carbonyl (C=O) groups excluding carboxylic acids is 2. The van der Waals surface area contributed by atoms with Crippen LogP contribution >= 0.6 is 0 Å². The largest absolute Gasteiger partial charge is 0.461 e. The molecule has 5 nitrogen and oxygen atoms in total. The summed E-state index contributed by atoms with van der Waals surface area (Å²) in [6.45, 7) is 27.2. The summed E-state index contributed by atoms with van der Waals surface area (Å²) in [4.78, 5) is 27.7. The van der Waals surface area contributed by atoms with E-state index in [2.05, 4.69) is 80.2 Å². The molecule has 0 radical (unpaired) electrons. The summed E-state index contributed by atoms with van der Waals surface area (Å²) >= 11 is 0. The van der Waals surface area contributed by atoms with E-state index in [4.69, 9.17) is 9.47 Å². The molecule has 0 rings (SSSR count). The molecule has 38 heavy (non-hydrogen) atoms. The Hall–Kier alpha value is -1.36. The molecule has 0 N–H and O–H groups in total. The van der Waals surface area contributed by atoms with Crippen LogP contribution in [0.1, 0.15) is 122 Å². The highest BCUT2D eigenvalue weighted by molar-refractivity contribution is 5.76. The Labute approximate surface area is 236 Å². The molecule has 0 amide bonds. The molecule has 0 aliphatic carbocycles. The van der Waals surface area contributed by atoms with Crippen molar-refractivity contribution in [1.82, 2.24) is 4.90 Å². The lowest BCUT2D eigenvalue weighted by Crippen LogP contribution is -2.48. The number of hydrogen-bond donors (Lipinski definition) is 0. The van der Waals surface area contributed by atoms with Gasteiger partial charge in [-0.1, -0.05) is 81.4 Å². The molecule has 0 fully saturated rings. The van der Waals surface area contributed by atoms with Gasteiger partial charge in [0.25, 0.3) is 0 Å². The van der Waals surface area contributed by atoms with Crippen molar-refractivity contribution in [3.05, 3.63) is 12.2 Å². The van der Waals surface area contributed by atoms with Crippen molar-refractivity contribution in [1.29, 1.82) is 0 Å². The van der Waals surface area contributed by atoms with Gasteiger partial charge in [0, 0.05) is 17.3 Å². The van der Waals surface area contributed by atoms with Crippen molar-refractivity contribution in [3.63, 3.8) is 0 Å². The first kappa shape index (κ1) is 36.6. The second-order valence-corrected chi connectivity index (χ2v) is 15.0. The standard InChI is InChI=1S/C33H63NO4/c1-15-33(12,24-30(6,7)19-17-21-37-29(36)32(10,11)23-26(4)5)28(31(8,9)22-25(2)3)38-27(35)18-16-20-34(13)14/h17,19,25-26,28H,15-16,18,20-24H2,1-14H3. The van der Waals surface area contributed by atoms with Crippen LogP contribution in [0.4, 0.5) is 0 Å². The molecule has 2 atom stereocenters. The number of rotatable bonds is 18. The Bertz CT molecular complexity index is 748. The first-order valence-corrected chi connectivity index (χ1v) is 14.9. The summed E-state index contributed by atoms with van der Waals surface area (Å²) in [7, 11) is 4.05. The van der Waals surface area contributed by atoms with E-state index in [9.17, 15) is 9.59 Å². The molecule has 2 unspecified atom stereocenters. The normalized spacial score (nSPS) is 15.8. The minimum absolute atomic E-state index is 0.0994. The molecule has 5 heteroatoms. The van der Waals surface area contributed by atoms with Crippen molar-refractivity contribution < 1.29 is 19.1 Å². The summed E-state index contributed by atoms with van der Waals surface area (Å²) in [5.41, 5.74) is -1.01. The van der Waals surface area contributed by atoms with Crippen LogP contribution in [0, 0.1) is 33.5 Å². The Balaban J connectivity index is 5.66. The van der Waals surface area contributed by atoms with Gasteiger partial charge in [-0.05, 0) is 83.8 Å². The van der Waals surface area contributed by atoms with E-state index in [1.54, 1.807) is 0 Å². The van der Waals surface area contributed by atoms with Crippen LogP contribution in [0.3, 0.4) is 0 Å². The molecule has 0 spiro atoms. The third kappa shape index (κ3) is 13.6. The monoisotopic (exact) mass is 537 g/mol. The number of nitrogens with zero attached hydrogens (tertiary/aromatic N) is 1. The molecule has 0 aromatic rings. The maximum atomic E-state index is 13.0. The van der Waals surface area contributed by atoms with Crippen molar-refractivity contribution in [3.8, 4) is 0 Å². The smallest absolute Gasteiger partial charge is 0.311 e. The lowest BCUT2D eigenvalue weighted by atomic mass is 9.61. The fourth-order valence-electron chi connectivity index (χ4n) is 6.43. The lowest BCUT2D eigenvalue weighted by Gasteiger charge is -2.48. The minimum atomic E-state index is -0.482. The first-order chi connectivity index (χ1) is 17.2. The first-order valence-electron chi connectivity index (χ1n) is 14.9. The lowest BCUT2D eigenvalue weighted by molar-refractivity contribution is -0.171. The maximum Gasteiger partial charge on any atom is 0.311 e. The van der Waals surface area contributed by atoms with Gasteiger partial charge in [-0.2, -0.15) is 0 Å². The molecule has 0 heterocycles. The molecule has 0 saturated heterocycles. The zero-order valence-electron chi connectivity index (χ0n) is 27.6. The number of hydrogen-bond acceptors (Lipinski definition) is 5. The number of allylic oxidation sites excluding steroid dienone is 1. The second-order valence-electron chi connectivity index (χ2n) is 15.0. The number of esters is 2. The Morgan fingerprint density at radius 1 is 0.895 bits per heavy atom. The summed E-state index contributed by atoms with van der Waals surface area (Å²) in [6.07, 6.45) is 8.72. The van der Waals surface area contributed by atoms with E-state index in [-0.39, 0.29) is 40.9 Å². The maximum absolute atomic E-state index is 13.0. The van der Waals surface area contributed by atoms with Gasteiger partial charge >= 0.3 is 11.9 Å². The summed E-state index contributed by atoms with van der Waals surface area (Å²) in [5.74, 6) is 0.693. The molecule has 224 valence electrons. The molecule has 0 bridgehead atoms. The Morgan fingerprint density at radius 2 is 1.45 bits per heavy atom. The SMILES string of the molecule is CCC(C)(CC(C)(C)C=CCOC(=O)C(C)(C)CC(C)C)C(OC(=O)CCCN(C)C)C(C)(C)CC(C)C. The van der Waals surface area contributed by atoms with Crippen molar-refractivity contribution >= 4 is 11.9 Å². The second kappa shape index (κ2) is 15.4. The molecule has 0 aromatic carbocycles. The van der Waals surface area contributed by atoms with E-state index in [0.717, 1.165) is 38.6 Å². The molecule has 0 aromatic heterocycles. The van der Waals surface area contributed by atoms with Crippen molar-refractivity contribution in [2.45, 2.75) is 128 Å². The zero-order valence-corrected chi connectivity index (χ0v) is 27.6. The minimum Gasteiger partial charge on any atom is -0.461 e. The molecule has 0 aliphatic heterocycles. The van der Waals surface area contributed by atoms with Crippen LogP contribution in [0.5, 0.6) is 0 Å². The molecule has 0 saturated carbocycles. The predicted octanol–water partition coefficient (Wildman–Crippen LogP) is 8.32. The fraction of sp³-hybridized carbons (Fsp3) is 0.879. The van der Waals surface area contributed by atoms with E-state index >= 15 is 0 Å². The van der Waals surface area contributed by atoms with Gasteiger partial charge in [-0.3, -0.25) is 9.59 Å². The highest BCUT2D eigenvalue weighted by atomic mass is 16.5. The molecular formula is C33H63NO4. The summed E-state index contributed by atoms with van der Waals surface area (Å²) < 4.78 is 12.0. The van der Waals surface area contributed by atoms with Gasteiger partial charge in [-0.15, -0.1) is 0 Å². The third-order valence-corrected chi connectivity index (χ3v) is 7.53. The van der Waals surface area contributed by atoms with Crippen molar-refractivity contribution in [2.24, 2.45) is 33.5 Å². The average Bonchev–Trinajstić information content (AvgIpc) is 2.72. The van der Waals surface area contributed by atoms with Crippen LogP contribution in [-0.2, 0) is 19.1 Å². The quantitative estimate of drug-likeness (QED) is 0.130. The van der Waals surface area contributed by atoms with Gasteiger partial charge in [0.2, 0.25) is 0 Å². The Kier molecular flexibility index (Phi) is 14.9.